The molecule has 8 aromatic rings. The molecule has 4 heteroatoms. The Hall–Kier alpha value is -5.03. The highest BCUT2D eigenvalue weighted by molar-refractivity contribution is 6.57. The van der Waals surface area contributed by atoms with E-state index in [1.165, 1.54) is 27.3 Å². The van der Waals surface area contributed by atoms with Crippen LogP contribution in [0.1, 0.15) is 27.7 Å². The highest BCUT2D eigenvalue weighted by Crippen LogP contribution is 2.45. The zero-order valence-corrected chi connectivity index (χ0v) is 27.1. The number of aliphatic hydroxyl groups is 1. The molecule has 0 spiro atoms. The van der Waals surface area contributed by atoms with Crippen LogP contribution in [0.3, 0.4) is 0 Å². The Labute approximate surface area is 275 Å². The monoisotopic (exact) mass is 608 g/mol. The number of hydrogen-bond donors (Lipinski definition) is 1. The molecular formula is C43H35BNO2. The third kappa shape index (κ3) is 4.79. The van der Waals surface area contributed by atoms with Crippen molar-refractivity contribution in [2.24, 2.45) is 0 Å². The topological polar surface area (TPSA) is 42.4 Å². The zero-order valence-electron chi connectivity index (χ0n) is 27.1. The van der Waals surface area contributed by atoms with Crippen LogP contribution in [0, 0.1) is 0 Å². The predicted octanol–water partition coefficient (Wildman–Crippen LogP) is 9.99. The average Bonchev–Trinajstić information content (AvgIpc) is 3.09. The molecule has 8 rings (SSSR count). The molecule has 0 saturated carbocycles. The molecule has 227 valence electrons. The fraction of sp³-hybridized carbons (Fsp3) is 0.140. The fourth-order valence-electron chi connectivity index (χ4n) is 6.77. The number of aromatic nitrogens is 1. The van der Waals surface area contributed by atoms with Crippen molar-refractivity contribution in [1.29, 1.82) is 0 Å². The van der Waals surface area contributed by atoms with Crippen molar-refractivity contribution in [3.8, 4) is 22.4 Å². The summed E-state index contributed by atoms with van der Waals surface area (Å²) in [4.78, 5) is 5.28. The van der Waals surface area contributed by atoms with Crippen molar-refractivity contribution in [2.75, 3.05) is 0 Å². The van der Waals surface area contributed by atoms with E-state index in [1.807, 2.05) is 21.3 Å². The molecular weight excluding hydrogens is 573 g/mol. The van der Waals surface area contributed by atoms with Crippen LogP contribution in [0.5, 0.6) is 0 Å². The Morgan fingerprint density at radius 1 is 0.553 bits per heavy atom. The summed E-state index contributed by atoms with van der Waals surface area (Å²) < 4.78 is 6.39. The fourth-order valence-corrected chi connectivity index (χ4v) is 6.77. The highest BCUT2D eigenvalue weighted by Gasteiger charge is 2.36. The molecule has 0 aliphatic rings. The molecule has 0 atom stereocenters. The van der Waals surface area contributed by atoms with Gasteiger partial charge in [0.2, 0.25) is 0 Å². The van der Waals surface area contributed by atoms with E-state index < -0.39 is 11.2 Å². The van der Waals surface area contributed by atoms with Gasteiger partial charge in [0.15, 0.2) is 0 Å². The van der Waals surface area contributed by atoms with Crippen LogP contribution in [0.25, 0.3) is 76.4 Å². The number of nitrogens with zero attached hydrogens (tertiary/aromatic N) is 1. The second-order valence-corrected chi connectivity index (χ2v) is 13.4. The molecule has 0 aliphatic carbocycles. The SMILES string of the molecule is CC(C)(O)C(C)(C)O[B]c1c2ccccc2c(-c2cc3c(-c4ccccc4)nc4ccccc4c3c3ccccc23)c2ccccc12. The smallest absolute Gasteiger partial charge is 0.332 e. The lowest BCUT2D eigenvalue weighted by molar-refractivity contribution is -0.0892. The van der Waals surface area contributed by atoms with Crippen molar-refractivity contribution < 1.29 is 9.76 Å². The molecule has 0 bridgehead atoms. The largest absolute Gasteiger partial charge is 0.427 e. The van der Waals surface area contributed by atoms with Crippen molar-refractivity contribution >= 4 is 66.9 Å². The van der Waals surface area contributed by atoms with Crippen LogP contribution in [-0.2, 0) is 4.65 Å². The molecule has 0 fully saturated rings. The third-order valence-corrected chi connectivity index (χ3v) is 9.94. The summed E-state index contributed by atoms with van der Waals surface area (Å²) in [6.45, 7) is 7.41. The molecule has 1 N–H and O–H groups in total. The molecule has 1 radical (unpaired) electrons. The lowest BCUT2D eigenvalue weighted by Crippen LogP contribution is -2.49. The summed E-state index contributed by atoms with van der Waals surface area (Å²) in [7, 11) is 1.84. The molecule has 47 heavy (non-hydrogen) atoms. The molecule has 0 amide bonds. The van der Waals surface area contributed by atoms with Crippen molar-refractivity contribution in [1.82, 2.24) is 4.98 Å². The van der Waals surface area contributed by atoms with Crippen LogP contribution in [-0.4, -0.2) is 28.8 Å². The van der Waals surface area contributed by atoms with E-state index in [0.29, 0.717) is 0 Å². The van der Waals surface area contributed by atoms with Gasteiger partial charge in [-0.3, -0.25) is 0 Å². The second kappa shape index (κ2) is 11.1. The molecule has 0 aliphatic heterocycles. The molecule has 3 nitrogen and oxygen atoms in total. The van der Waals surface area contributed by atoms with Gasteiger partial charge in [-0.15, -0.1) is 0 Å². The van der Waals surface area contributed by atoms with E-state index in [-0.39, 0.29) is 0 Å². The van der Waals surface area contributed by atoms with Gasteiger partial charge in [0.1, 0.15) is 0 Å². The third-order valence-electron chi connectivity index (χ3n) is 9.94. The molecule has 1 heterocycles. The summed E-state index contributed by atoms with van der Waals surface area (Å²) in [6.07, 6.45) is 0. The van der Waals surface area contributed by atoms with Crippen molar-refractivity contribution in [3.63, 3.8) is 0 Å². The van der Waals surface area contributed by atoms with Crippen LogP contribution in [0.2, 0.25) is 0 Å². The highest BCUT2D eigenvalue weighted by atomic mass is 16.5. The Morgan fingerprint density at radius 2 is 1.06 bits per heavy atom. The minimum atomic E-state index is -1.03. The van der Waals surface area contributed by atoms with Crippen LogP contribution in [0.15, 0.2) is 133 Å². The number of fused-ring (bicyclic) bond motifs is 7. The van der Waals surface area contributed by atoms with Crippen LogP contribution in [0.4, 0.5) is 0 Å². The minimum Gasteiger partial charge on any atom is -0.427 e. The number of hydrogen-bond acceptors (Lipinski definition) is 3. The second-order valence-electron chi connectivity index (χ2n) is 13.4. The van der Waals surface area contributed by atoms with E-state index in [4.69, 9.17) is 9.64 Å². The van der Waals surface area contributed by atoms with E-state index in [9.17, 15) is 5.11 Å². The lowest BCUT2D eigenvalue weighted by Gasteiger charge is -2.37. The Kier molecular flexibility index (Phi) is 6.91. The lowest BCUT2D eigenvalue weighted by atomic mass is 9.75. The number of pyridine rings is 1. The van der Waals surface area contributed by atoms with Gasteiger partial charge in [-0.25, -0.2) is 4.98 Å². The van der Waals surface area contributed by atoms with E-state index in [0.717, 1.165) is 54.6 Å². The van der Waals surface area contributed by atoms with Gasteiger partial charge in [0.05, 0.1) is 22.4 Å². The van der Waals surface area contributed by atoms with Gasteiger partial charge in [-0.2, -0.15) is 0 Å². The van der Waals surface area contributed by atoms with Gasteiger partial charge in [-0.05, 0) is 88.7 Å². The first-order valence-electron chi connectivity index (χ1n) is 16.2. The normalized spacial score (nSPS) is 12.4. The molecule has 7 aromatic carbocycles. The van der Waals surface area contributed by atoms with Gasteiger partial charge in [-0.1, -0.05) is 121 Å². The van der Waals surface area contributed by atoms with E-state index in [2.05, 4.69) is 133 Å². The summed E-state index contributed by atoms with van der Waals surface area (Å²) in [5.41, 5.74) is 4.57. The summed E-state index contributed by atoms with van der Waals surface area (Å²) in [5, 5.41) is 21.2. The summed E-state index contributed by atoms with van der Waals surface area (Å²) in [6, 6.07) is 47.3. The first-order valence-corrected chi connectivity index (χ1v) is 16.2. The van der Waals surface area contributed by atoms with Gasteiger partial charge in [0.25, 0.3) is 0 Å². The molecule has 0 saturated heterocycles. The average molecular weight is 609 g/mol. The van der Waals surface area contributed by atoms with Gasteiger partial charge >= 0.3 is 7.48 Å². The first-order chi connectivity index (χ1) is 22.7. The quantitative estimate of drug-likeness (QED) is 0.116. The maximum atomic E-state index is 10.9. The van der Waals surface area contributed by atoms with Crippen LogP contribution >= 0.6 is 0 Å². The predicted molar refractivity (Wildman–Crippen MR) is 199 cm³/mol. The Balaban J connectivity index is 1.50. The number of benzene rings is 7. The summed E-state index contributed by atoms with van der Waals surface area (Å²) >= 11 is 0. The summed E-state index contributed by atoms with van der Waals surface area (Å²) in [5.74, 6) is 0. The van der Waals surface area contributed by atoms with E-state index >= 15 is 0 Å². The Morgan fingerprint density at radius 3 is 1.68 bits per heavy atom. The molecule has 1 aromatic heterocycles. The van der Waals surface area contributed by atoms with Crippen molar-refractivity contribution in [2.45, 2.75) is 38.9 Å². The number of rotatable bonds is 6. The maximum absolute atomic E-state index is 10.9. The molecule has 0 unspecified atom stereocenters. The number of para-hydroxylation sites is 1. The van der Waals surface area contributed by atoms with Crippen molar-refractivity contribution in [3.05, 3.63) is 133 Å². The first kappa shape index (κ1) is 29.4. The van der Waals surface area contributed by atoms with Gasteiger partial charge in [0, 0.05) is 21.7 Å². The zero-order chi connectivity index (χ0) is 32.3. The van der Waals surface area contributed by atoms with E-state index in [1.54, 1.807) is 13.8 Å². The minimum absolute atomic E-state index is 0.800. The Bertz CT molecular complexity index is 2420. The van der Waals surface area contributed by atoms with Crippen LogP contribution < -0.4 is 5.46 Å². The standard InChI is InChI=1S/C43H35BNO2/c1-42(2,46)43(3,4)47-44-40-32-22-12-10-20-30(32)38(31-21-11-13-23-33(31)40)35-26-36-39(29-19-9-8-18-28(29)35)34-24-14-15-25-37(34)45-41(36)27-16-6-5-7-17-27/h5-26,46H,1-4H3. The van der Waals surface area contributed by atoms with Gasteiger partial charge < -0.3 is 9.76 Å². The maximum Gasteiger partial charge on any atom is 0.332 e.